The molecule has 1 aliphatic heterocycles. The van der Waals surface area contributed by atoms with Gasteiger partial charge in [0.2, 0.25) is 0 Å². The molecule has 0 amide bonds. The molecule has 2 heterocycles. The van der Waals surface area contributed by atoms with Gasteiger partial charge < -0.3 is 9.88 Å². The number of nitrogens with zero attached hydrogens (tertiary/aromatic N) is 3. The van der Waals surface area contributed by atoms with Crippen molar-refractivity contribution in [2.75, 3.05) is 20.1 Å². The number of aromatic nitrogens is 2. The van der Waals surface area contributed by atoms with Gasteiger partial charge in [-0.05, 0) is 53.8 Å². The van der Waals surface area contributed by atoms with E-state index in [-0.39, 0.29) is 11.6 Å². The molecule has 0 aliphatic carbocycles. The van der Waals surface area contributed by atoms with E-state index in [0.717, 1.165) is 12.4 Å². The highest BCUT2D eigenvalue weighted by atomic mass is 15.2. The highest BCUT2D eigenvalue weighted by molar-refractivity contribution is 5.08. The molecule has 1 atom stereocenters. The first kappa shape index (κ1) is 15.5. The van der Waals surface area contributed by atoms with Crippen LogP contribution in [0.15, 0.2) is 12.4 Å². The third-order valence-electron chi connectivity index (χ3n) is 4.76. The molecule has 1 aromatic rings. The number of aryl methyl sites for hydroxylation is 1. The lowest BCUT2D eigenvalue weighted by Gasteiger charge is -2.43. The largest absolute Gasteiger partial charge is 0.334 e. The van der Waals surface area contributed by atoms with Crippen molar-refractivity contribution in [3.63, 3.8) is 0 Å². The average Bonchev–Trinajstić information content (AvgIpc) is 2.72. The van der Waals surface area contributed by atoms with Crippen LogP contribution in [-0.4, -0.2) is 40.1 Å². The highest BCUT2D eigenvalue weighted by Crippen LogP contribution is 2.31. The van der Waals surface area contributed by atoms with Crippen molar-refractivity contribution in [1.82, 2.24) is 19.8 Å². The molecular weight excluding hydrogens is 248 g/mol. The van der Waals surface area contributed by atoms with Gasteiger partial charge in [-0.3, -0.25) is 4.90 Å². The van der Waals surface area contributed by atoms with Crippen LogP contribution in [0, 0.1) is 0 Å². The minimum Gasteiger partial charge on any atom is -0.334 e. The Balaban J connectivity index is 2.24. The average molecular weight is 278 g/mol. The monoisotopic (exact) mass is 278 g/mol. The van der Waals surface area contributed by atoms with E-state index < -0.39 is 0 Å². The van der Waals surface area contributed by atoms with Crippen LogP contribution in [0.5, 0.6) is 0 Å². The normalized spacial score (nSPS) is 19.8. The summed E-state index contributed by atoms with van der Waals surface area (Å²) in [6.07, 6.45) is 9.39. The van der Waals surface area contributed by atoms with E-state index in [9.17, 15) is 0 Å². The zero-order valence-corrected chi connectivity index (χ0v) is 13.5. The molecule has 1 fully saturated rings. The maximum absolute atomic E-state index is 4.62. The molecule has 4 nitrogen and oxygen atoms in total. The fraction of sp³-hybridized carbons (Fsp3) is 0.812. The molecule has 4 heteroatoms. The van der Waals surface area contributed by atoms with E-state index in [1.165, 1.54) is 38.8 Å². The van der Waals surface area contributed by atoms with Gasteiger partial charge in [0.1, 0.15) is 5.82 Å². The van der Waals surface area contributed by atoms with Crippen LogP contribution >= 0.6 is 0 Å². The van der Waals surface area contributed by atoms with E-state index in [2.05, 4.69) is 53.8 Å². The van der Waals surface area contributed by atoms with Crippen molar-refractivity contribution >= 4 is 0 Å². The van der Waals surface area contributed by atoms with Gasteiger partial charge in [0, 0.05) is 24.5 Å². The molecule has 114 valence electrons. The predicted octanol–water partition coefficient (Wildman–Crippen LogP) is 2.82. The molecular formula is C16H30N4. The Bertz CT molecular complexity index is 402. The van der Waals surface area contributed by atoms with Gasteiger partial charge in [-0.25, -0.2) is 4.98 Å². The number of imidazole rings is 1. The Morgan fingerprint density at radius 2 is 1.90 bits per heavy atom. The maximum atomic E-state index is 4.62. The van der Waals surface area contributed by atoms with Crippen LogP contribution < -0.4 is 5.32 Å². The third-order valence-corrected chi connectivity index (χ3v) is 4.76. The second kappa shape index (κ2) is 6.72. The van der Waals surface area contributed by atoms with Crippen LogP contribution in [0.1, 0.15) is 58.3 Å². The zero-order chi connectivity index (χ0) is 14.6. The van der Waals surface area contributed by atoms with Gasteiger partial charge in [-0.15, -0.1) is 0 Å². The van der Waals surface area contributed by atoms with Gasteiger partial charge in [0.05, 0.1) is 6.04 Å². The van der Waals surface area contributed by atoms with Crippen molar-refractivity contribution in [1.29, 1.82) is 0 Å². The van der Waals surface area contributed by atoms with Gasteiger partial charge in [0.25, 0.3) is 0 Å². The number of likely N-dealkylation sites (tertiary alicyclic amines) is 1. The standard InChI is InChI=1S/C16H30N4/c1-5-19-13-10-18-15(19)14(17-4)16(2,3)20-11-8-6-7-9-12-20/h10,13-14,17H,5-9,11-12H2,1-4H3. The van der Waals surface area contributed by atoms with Gasteiger partial charge in [-0.2, -0.15) is 0 Å². The molecule has 0 saturated carbocycles. The molecule has 1 aromatic heterocycles. The Morgan fingerprint density at radius 3 is 2.45 bits per heavy atom. The second-order valence-electron chi connectivity index (χ2n) is 6.35. The number of nitrogens with one attached hydrogen (secondary N) is 1. The fourth-order valence-corrected chi connectivity index (χ4v) is 3.48. The van der Waals surface area contributed by atoms with Crippen LogP contribution in [-0.2, 0) is 6.54 Å². The lowest BCUT2D eigenvalue weighted by atomic mass is 9.91. The fourth-order valence-electron chi connectivity index (χ4n) is 3.48. The van der Waals surface area contributed by atoms with Crippen molar-refractivity contribution in [2.24, 2.45) is 0 Å². The Labute approximate surface area is 123 Å². The quantitative estimate of drug-likeness (QED) is 0.899. The molecule has 0 radical (unpaired) electrons. The zero-order valence-electron chi connectivity index (χ0n) is 13.5. The van der Waals surface area contributed by atoms with Crippen molar-refractivity contribution in [2.45, 2.75) is 64.6 Å². The molecule has 20 heavy (non-hydrogen) atoms. The second-order valence-corrected chi connectivity index (χ2v) is 6.35. The Hall–Kier alpha value is -0.870. The van der Waals surface area contributed by atoms with Crippen molar-refractivity contribution < 1.29 is 0 Å². The lowest BCUT2D eigenvalue weighted by molar-refractivity contribution is 0.0818. The first-order valence-corrected chi connectivity index (χ1v) is 8.04. The smallest absolute Gasteiger partial charge is 0.127 e. The van der Waals surface area contributed by atoms with Crippen LogP contribution in [0.25, 0.3) is 0 Å². The summed E-state index contributed by atoms with van der Waals surface area (Å²) in [7, 11) is 2.05. The van der Waals surface area contributed by atoms with E-state index in [1.54, 1.807) is 0 Å². The van der Waals surface area contributed by atoms with Crippen molar-refractivity contribution in [3.05, 3.63) is 18.2 Å². The summed E-state index contributed by atoms with van der Waals surface area (Å²) < 4.78 is 2.25. The van der Waals surface area contributed by atoms with Gasteiger partial charge in [0.15, 0.2) is 0 Å². The summed E-state index contributed by atoms with van der Waals surface area (Å²) in [5, 5.41) is 3.51. The van der Waals surface area contributed by atoms with E-state index >= 15 is 0 Å². The van der Waals surface area contributed by atoms with E-state index in [1.807, 2.05) is 6.20 Å². The first-order chi connectivity index (χ1) is 9.61. The minimum atomic E-state index is 0.0807. The van der Waals surface area contributed by atoms with Crippen LogP contribution in [0.2, 0.25) is 0 Å². The molecule has 0 aromatic carbocycles. The number of likely N-dealkylation sites (N-methyl/N-ethyl adjacent to an activating group) is 1. The molecule has 1 aliphatic rings. The van der Waals surface area contributed by atoms with E-state index in [4.69, 9.17) is 0 Å². The van der Waals surface area contributed by atoms with Crippen molar-refractivity contribution in [3.8, 4) is 0 Å². The van der Waals surface area contributed by atoms with Gasteiger partial charge >= 0.3 is 0 Å². The van der Waals surface area contributed by atoms with E-state index in [0.29, 0.717) is 0 Å². The third kappa shape index (κ3) is 3.07. The first-order valence-electron chi connectivity index (χ1n) is 8.04. The molecule has 0 spiro atoms. The molecule has 0 bridgehead atoms. The Morgan fingerprint density at radius 1 is 1.25 bits per heavy atom. The molecule has 1 saturated heterocycles. The van der Waals surface area contributed by atoms with Crippen LogP contribution in [0.3, 0.4) is 0 Å². The SMILES string of the molecule is CCn1ccnc1C(NC)C(C)(C)N1CCCCCC1. The highest BCUT2D eigenvalue weighted by Gasteiger charge is 2.37. The summed E-state index contributed by atoms with van der Waals surface area (Å²) in [4.78, 5) is 7.27. The molecule has 1 N–H and O–H groups in total. The summed E-state index contributed by atoms with van der Waals surface area (Å²) in [5.74, 6) is 1.16. The summed E-state index contributed by atoms with van der Waals surface area (Å²) in [6, 6.07) is 0.260. The Kier molecular flexibility index (Phi) is 5.22. The lowest BCUT2D eigenvalue weighted by Crippen LogP contribution is -2.53. The number of rotatable bonds is 5. The predicted molar refractivity (Wildman–Crippen MR) is 83.8 cm³/mol. The minimum absolute atomic E-state index is 0.0807. The summed E-state index contributed by atoms with van der Waals surface area (Å²) >= 11 is 0. The topological polar surface area (TPSA) is 33.1 Å². The molecule has 1 unspecified atom stereocenters. The number of hydrogen-bond donors (Lipinski definition) is 1. The molecule has 2 rings (SSSR count). The van der Waals surface area contributed by atoms with Gasteiger partial charge in [-0.1, -0.05) is 12.8 Å². The summed E-state index contributed by atoms with van der Waals surface area (Å²) in [6.45, 7) is 10.3. The van der Waals surface area contributed by atoms with Crippen LogP contribution in [0.4, 0.5) is 0 Å². The number of hydrogen-bond acceptors (Lipinski definition) is 3. The maximum Gasteiger partial charge on any atom is 0.127 e. The summed E-state index contributed by atoms with van der Waals surface area (Å²) in [5.41, 5.74) is 0.0807.